The number of rotatable bonds is 2. The van der Waals surface area contributed by atoms with Gasteiger partial charge in [-0.1, -0.05) is 27.2 Å². The van der Waals surface area contributed by atoms with Crippen LogP contribution in [0.5, 0.6) is 0 Å². The van der Waals surface area contributed by atoms with Crippen LogP contribution in [-0.4, -0.2) is 17.3 Å². The van der Waals surface area contributed by atoms with Crippen molar-refractivity contribution in [2.24, 2.45) is 23.5 Å². The van der Waals surface area contributed by atoms with Crippen LogP contribution in [-0.2, 0) is 0 Å². The van der Waals surface area contributed by atoms with E-state index in [-0.39, 0.29) is 0 Å². The molecule has 1 fully saturated rings. The van der Waals surface area contributed by atoms with Gasteiger partial charge in [0.2, 0.25) is 0 Å². The van der Waals surface area contributed by atoms with Crippen LogP contribution in [0.15, 0.2) is 0 Å². The van der Waals surface area contributed by atoms with Crippen molar-refractivity contribution in [1.29, 1.82) is 0 Å². The summed E-state index contributed by atoms with van der Waals surface area (Å²) < 4.78 is 0. The summed E-state index contributed by atoms with van der Waals surface area (Å²) in [5.74, 6) is 1.57. The number of aliphatic hydroxyl groups is 1. The fourth-order valence-corrected chi connectivity index (χ4v) is 2.78. The zero-order chi connectivity index (χ0) is 10.1. The second-order valence-corrected chi connectivity index (χ2v) is 5.04. The highest BCUT2D eigenvalue weighted by molar-refractivity contribution is 4.94. The maximum Gasteiger partial charge on any atom is 0.0802 e. The number of hydrogen-bond acceptors (Lipinski definition) is 2. The van der Waals surface area contributed by atoms with Crippen molar-refractivity contribution in [3.8, 4) is 0 Å². The van der Waals surface area contributed by atoms with Crippen LogP contribution >= 0.6 is 0 Å². The quantitative estimate of drug-likeness (QED) is 0.688. The summed E-state index contributed by atoms with van der Waals surface area (Å²) in [6, 6.07) is 0. The van der Waals surface area contributed by atoms with E-state index in [9.17, 15) is 5.11 Å². The Hall–Kier alpha value is -0.0800. The van der Waals surface area contributed by atoms with E-state index < -0.39 is 5.60 Å². The molecular formula is C11H23NO. The Morgan fingerprint density at radius 2 is 2.08 bits per heavy atom. The van der Waals surface area contributed by atoms with Gasteiger partial charge < -0.3 is 10.8 Å². The topological polar surface area (TPSA) is 46.2 Å². The summed E-state index contributed by atoms with van der Waals surface area (Å²) in [4.78, 5) is 0. The lowest BCUT2D eigenvalue weighted by Crippen LogP contribution is -2.50. The first-order valence-corrected chi connectivity index (χ1v) is 5.42. The minimum Gasteiger partial charge on any atom is -0.388 e. The first-order chi connectivity index (χ1) is 5.99. The molecular weight excluding hydrogens is 162 g/mol. The molecule has 1 rings (SSSR count). The van der Waals surface area contributed by atoms with E-state index in [0.717, 1.165) is 12.8 Å². The summed E-state index contributed by atoms with van der Waals surface area (Å²) in [6.45, 7) is 6.99. The Labute approximate surface area is 81.5 Å². The minimum absolute atomic E-state index is 0.397. The Morgan fingerprint density at radius 1 is 1.46 bits per heavy atom. The Morgan fingerprint density at radius 3 is 2.54 bits per heavy atom. The van der Waals surface area contributed by atoms with Crippen molar-refractivity contribution >= 4 is 0 Å². The second-order valence-electron chi connectivity index (χ2n) is 5.04. The average molecular weight is 185 g/mol. The lowest BCUT2D eigenvalue weighted by molar-refractivity contribution is -0.0724. The summed E-state index contributed by atoms with van der Waals surface area (Å²) in [7, 11) is 0. The molecule has 1 aliphatic carbocycles. The summed E-state index contributed by atoms with van der Waals surface area (Å²) in [6.07, 6.45) is 3.25. The largest absolute Gasteiger partial charge is 0.388 e. The zero-order valence-electron chi connectivity index (χ0n) is 9.09. The summed E-state index contributed by atoms with van der Waals surface area (Å²) >= 11 is 0. The van der Waals surface area contributed by atoms with Crippen LogP contribution in [0.25, 0.3) is 0 Å². The van der Waals surface area contributed by atoms with Gasteiger partial charge in [0.05, 0.1) is 5.60 Å². The molecule has 3 atom stereocenters. The SMILES string of the molecule is CC(C)[C@H]1CC[C@H](C)CC1(O)CN. The van der Waals surface area contributed by atoms with E-state index >= 15 is 0 Å². The van der Waals surface area contributed by atoms with E-state index in [4.69, 9.17) is 5.73 Å². The predicted octanol–water partition coefficient (Wildman–Crippen LogP) is 1.77. The van der Waals surface area contributed by atoms with Gasteiger partial charge in [0.1, 0.15) is 0 Å². The monoisotopic (exact) mass is 185 g/mol. The van der Waals surface area contributed by atoms with E-state index in [1.807, 2.05) is 0 Å². The fraction of sp³-hybridized carbons (Fsp3) is 1.00. The maximum absolute atomic E-state index is 10.4. The molecule has 0 saturated heterocycles. The normalized spacial score (nSPS) is 41.1. The number of nitrogens with two attached hydrogens (primary N) is 1. The molecule has 1 saturated carbocycles. The summed E-state index contributed by atoms with van der Waals surface area (Å²) in [5, 5.41) is 10.4. The lowest BCUT2D eigenvalue weighted by atomic mass is 9.67. The second kappa shape index (κ2) is 3.97. The third kappa shape index (κ3) is 2.23. The summed E-state index contributed by atoms with van der Waals surface area (Å²) in [5.41, 5.74) is 5.09. The van der Waals surface area contributed by atoms with Crippen molar-refractivity contribution in [3.05, 3.63) is 0 Å². The van der Waals surface area contributed by atoms with Gasteiger partial charge in [-0.3, -0.25) is 0 Å². The van der Waals surface area contributed by atoms with Crippen LogP contribution in [0.2, 0.25) is 0 Å². The van der Waals surface area contributed by atoms with Gasteiger partial charge in [0.25, 0.3) is 0 Å². The van der Waals surface area contributed by atoms with Gasteiger partial charge in [-0.2, -0.15) is 0 Å². The third-order valence-corrected chi connectivity index (χ3v) is 3.52. The van der Waals surface area contributed by atoms with Gasteiger partial charge in [-0.15, -0.1) is 0 Å². The van der Waals surface area contributed by atoms with E-state index in [2.05, 4.69) is 20.8 Å². The molecule has 13 heavy (non-hydrogen) atoms. The Kier molecular flexibility index (Phi) is 3.36. The molecule has 0 heterocycles. The van der Waals surface area contributed by atoms with Gasteiger partial charge >= 0.3 is 0 Å². The molecule has 1 aliphatic rings. The number of hydrogen-bond donors (Lipinski definition) is 2. The van der Waals surface area contributed by atoms with Gasteiger partial charge in [-0.05, 0) is 30.6 Å². The molecule has 2 heteroatoms. The highest BCUT2D eigenvalue weighted by Gasteiger charge is 2.41. The molecule has 0 amide bonds. The molecule has 0 radical (unpaired) electrons. The van der Waals surface area contributed by atoms with E-state index in [0.29, 0.717) is 24.3 Å². The van der Waals surface area contributed by atoms with E-state index in [1.54, 1.807) is 0 Å². The fourth-order valence-electron chi connectivity index (χ4n) is 2.78. The molecule has 1 unspecified atom stereocenters. The minimum atomic E-state index is -0.591. The molecule has 2 nitrogen and oxygen atoms in total. The van der Waals surface area contributed by atoms with Crippen LogP contribution < -0.4 is 5.73 Å². The zero-order valence-corrected chi connectivity index (χ0v) is 9.09. The van der Waals surface area contributed by atoms with Gasteiger partial charge in [0, 0.05) is 6.54 Å². The van der Waals surface area contributed by atoms with Crippen molar-refractivity contribution in [2.45, 2.75) is 45.6 Å². The predicted molar refractivity (Wildman–Crippen MR) is 55.3 cm³/mol. The van der Waals surface area contributed by atoms with Gasteiger partial charge in [-0.25, -0.2) is 0 Å². The lowest BCUT2D eigenvalue weighted by Gasteiger charge is -2.44. The first kappa shape index (κ1) is 11.0. The molecule has 0 aromatic carbocycles. The van der Waals surface area contributed by atoms with Crippen LogP contribution in [0.4, 0.5) is 0 Å². The van der Waals surface area contributed by atoms with Crippen molar-refractivity contribution < 1.29 is 5.11 Å². The van der Waals surface area contributed by atoms with Crippen molar-refractivity contribution in [1.82, 2.24) is 0 Å². The van der Waals surface area contributed by atoms with Crippen LogP contribution in [0, 0.1) is 17.8 Å². The smallest absolute Gasteiger partial charge is 0.0802 e. The molecule has 78 valence electrons. The standard InChI is InChI=1S/C11H23NO/c1-8(2)10-5-4-9(3)6-11(10,13)7-12/h8-10,13H,4-7,12H2,1-3H3/t9-,10+,11?/m0/s1. The molecule has 3 N–H and O–H groups in total. The average Bonchev–Trinajstić information content (AvgIpc) is 2.03. The molecule has 0 spiro atoms. The van der Waals surface area contributed by atoms with E-state index in [1.165, 1.54) is 6.42 Å². The highest BCUT2D eigenvalue weighted by atomic mass is 16.3. The third-order valence-electron chi connectivity index (χ3n) is 3.52. The van der Waals surface area contributed by atoms with Crippen molar-refractivity contribution in [3.63, 3.8) is 0 Å². The Bertz CT molecular complexity index is 169. The molecule has 0 bridgehead atoms. The Balaban J connectivity index is 2.72. The van der Waals surface area contributed by atoms with Crippen molar-refractivity contribution in [2.75, 3.05) is 6.54 Å². The van der Waals surface area contributed by atoms with Crippen LogP contribution in [0.3, 0.4) is 0 Å². The highest BCUT2D eigenvalue weighted by Crippen LogP contribution is 2.40. The molecule has 0 aromatic heterocycles. The molecule has 0 aromatic rings. The van der Waals surface area contributed by atoms with Gasteiger partial charge in [0.15, 0.2) is 0 Å². The maximum atomic E-state index is 10.4. The first-order valence-electron chi connectivity index (χ1n) is 5.42. The van der Waals surface area contributed by atoms with Crippen LogP contribution in [0.1, 0.15) is 40.0 Å². The molecule has 0 aliphatic heterocycles.